The molecule has 3 heterocycles. The van der Waals surface area contributed by atoms with Gasteiger partial charge in [-0.25, -0.2) is 9.97 Å². The minimum Gasteiger partial charge on any atom is -0.481 e. The first-order valence-electron chi connectivity index (χ1n) is 8.55. The smallest absolute Gasteiger partial charge is 0.306 e. The van der Waals surface area contributed by atoms with E-state index in [4.69, 9.17) is 5.11 Å². The zero-order valence-electron chi connectivity index (χ0n) is 13.6. The number of likely N-dealkylation sites (tertiary alicyclic amines) is 1. The maximum absolute atomic E-state index is 11.0. The molecule has 124 valence electrons. The number of aliphatic carboxylic acids is 1. The molecule has 0 unspecified atom stereocenters. The fraction of sp³-hybridized carbons (Fsp3) is 0.706. The summed E-state index contributed by atoms with van der Waals surface area (Å²) in [6.07, 6.45) is 7.96. The first-order chi connectivity index (χ1) is 11.0. The van der Waals surface area contributed by atoms with E-state index in [1.807, 2.05) is 19.3 Å². The van der Waals surface area contributed by atoms with Gasteiger partial charge in [0.05, 0.1) is 24.0 Å². The van der Waals surface area contributed by atoms with Crippen molar-refractivity contribution >= 4 is 11.7 Å². The third-order valence-corrected chi connectivity index (χ3v) is 5.90. The van der Waals surface area contributed by atoms with Crippen molar-refractivity contribution in [3.05, 3.63) is 18.2 Å². The molecule has 0 amide bonds. The molecular weight excluding hydrogens is 292 g/mol. The van der Waals surface area contributed by atoms with Crippen molar-refractivity contribution in [2.24, 2.45) is 11.3 Å². The fourth-order valence-corrected chi connectivity index (χ4v) is 4.53. The molecule has 6 heteroatoms. The highest BCUT2D eigenvalue weighted by atomic mass is 16.4. The van der Waals surface area contributed by atoms with E-state index in [1.54, 1.807) is 0 Å². The van der Waals surface area contributed by atoms with Crippen molar-refractivity contribution in [2.45, 2.75) is 38.6 Å². The van der Waals surface area contributed by atoms with Gasteiger partial charge in [-0.2, -0.15) is 0 Å². The normalized spacial score (nSPS) is 25.2. The largest absolute Gasteiger partial charge is 0.481 e. The molecule has 4 rings (SSSR count). The monoisotopic (exact) mass is 316 g/mol. The highest BCUT2D eigenvalue weighted by Gasteiger charge is 2.55. The Bertz CT molecular complexity index is 581. The van der Waals surface area contributed by atoms with Crippen molar-refractivity contribution in [3.8, 4) is 0 Å². The Morgan fingerprint density at radius 3 is 2.39 bits per heavy atom. The van der Waals surface area contributed by atoms with E-state index < -0.39 is 5.97 Å². The number of piperidine rings is 1. The van der Waals surface area contributed by atoms with Crippen molar-refractivity contribution in [3.63, 3.8) is 0 Å². The van der Waals surface area contributed by atoms with Gasteiger partial charge in [-0.05, 0) is 38.0 Å². The molecule has 2 saturated heterocycles. The van der Waals surface area contributed by atoms with E-state index >= 15 is 0 Å². The van der Waals surface area contributed by atoms with Crippen LogP contribution in [0.1, 0.15) is 31.5 Å². The summed E-state index contributed by atoms with van der Waals surface area (Å²) in [4.78, 5) is 24.5. The maximum atomic E-state index is 11.0. The van der Waals surface area contributed by atoms with E-state index in [9.17, 15) is 4.79 Å². The predicted molar refractivity (Wildman–Crippen MR) is 86.4 cm³/mol. The zero-order chi connectivity index (χ0) is 16.0. The number of carboxylic acid groups (broad SMARTS) is 1. The average Bonchev–Trinajstić information content (AvgIpc) is 2.45. The van der Waals surface area contributed by atoms with Crippen LogP contribution < -0.4 is 4.90 Å². The Morgan fingerprint density at radius 2 is 1.83 bits per heavy atom. The van der Waals surface area contributed by atoms with Crippen LogP contribution in [-0.2, 0) is 4.79 Å². The zero-order valence-corrected chi connectivity index (χ0v) is 13.6. The summed E-state index contributed by atoms with van der Waals surface area (Å²) in [5.74, 6) is 0.123. The molecule has 3 fully saturated rings. The second-order valence-electron chi connectivity index (χ2n) is 7.56. The summed E-state index contributed by atoms with van der Waals surface area (Å²) >= 11 is 0. The van der Waals surface area contributed by atoms with E-state index in [-0.39, 0.29) is 5.92 Å². The van der Waals surface area contributed by atoms with E-state index in [0.29, 0.717) is 11.5 Å². The number of anilines is 1. The Labute approximate surface area is 136 Å². The van der Waals surface area contributed by atoms with Gasteiger partial charge >= 0.3 is 5.97 Å². The Morgan fingerprint density at radius 1 is 1.22 bits per heavy atom. The van der Waals surface area contributed by atoms with Crippen molar-refractivity contribution in [1.29, 1.82) is 0 Å². The van der Waals surface area contributed by atoms with Crippen LogP contribution in [0.15, 0.2) is 12.4 Å². The standard InChI is InChI=1S/C17H24N4O2/c1-12-18-8-15(9-19-12)20-4-2-14(3-5-20)21-10-17(11-21)6-13(7-17)16(22)23/h8-9,13-14H,2-7,10-11H2,1H3,(H,22,23). The Kier molecular flexibility index (Phi) is 3.52. The molecule has 0 radical (unpaired) electrons. The lowest BCUT2D eigenvalue weighted by molar-refractivity contribution is -0.164. The first kappa shape index (κ1) is 14.9. The molecule has 6 nitrogen and oxygen atoms in total. The first-order valence-corrected chi connectivity index (χ1v) is 8.55. The van der Waals surface area contributed by atoms with Gasteiger partial charge in [-0.3, -0.25) is 9.69 Å². The molecule has 0 atom stereocenters. The topological polar surface area (TPSA) is 69.6 Å². The van der Waals surface area contributed by atoms with Crippen LogP contribution >= 0.6 is 0 Å². The molecule has 1 saturated carbocycles. The second-order valence-corrected chi connectivity index (χ2v) is 7.56. The lowest BCUT2D eigenvalue weighted by Crippen LogP contribution is -2.66. The molecule has 23 heavy (non-hydrogen) atoms. The molecule has 1 aromatic heterocycles. The van der Waals surface area contributed by atoms with Gasteiger partial charge in [0.25, 0.3) is 0 Å². The molecule has 1 aliphatic carbocycles. The minimum absolute atomic E-state index is 0.0828. The third kappa shape index (κ3) is 2.69. The third-order valence-electron chi connectivity index (χ3n) is 5.90. The van der Waals surface area contributed by atoms with E-state index in [1.165, 1.54) is 12.8 Å². The van der Waals surface area contributed by atoms with Crippen LogP contribution in [0.25, 0.3) is 0 Å². The predicted octanol–water partition coefficient (Wildman–Crippen LogP) is 1.55. The fourth-order valence-electron chi connectivity index (χ4n) is 4.53. The summed E-state index contributed by atoms with van der Waals surface area (Å²) in [6.45, 7) is 6.23. The van der Waals surface area contributed by atoms with Gasteiger partial charge in [0.2, 0.25) is 0 Å². The number of hydrogen-bond donors (Lipinski definition) is 1. The number of hydrogen-bond acceptors (Lipinski definition) is 5. The van der Waals surface area contributed by atoms with Crippen LogP contribution in [0.2, 0.25) is 0 Å². The summed E-state index contributed by atoms with van der Waals surface area (Å²) < 4.78 is 0. The summed E-state index contributed by atoms with van der Waals surface area (Å²) in [5.41, 5.74) is 1.46. The summed E-state index contributed by atoms with van der Waals surface area (Å²) in [6, 6.07) is 0.659. The lowest BCUT2D eigenvalue weighted by Gasteiger charge is -2.61. The van der Waals surface area contributed by atoms with Gasteiger partial charge in [0, 0.05) is 32.2 Å². The molecule has 1 aromatic rings. The van der Waals surface area contributed by atoms with Crippen LogP contribution in [0, 0.1) is 18.3 Å². The van der Waals surface area contributed by atoms with Crippen molar-refractivity contribution in [1.82, 2.24) is 14.9 Å². The number of aryl methyl sites for hydroxylation is 1. The number of aromatic nitrogens is 2. The average molecular weight is 316 g/mol. The van der Waals surface area contributed by atoms with Crippen LogP contribution in [0.5, 0.6) is 0 Å². The lowest BCUT2D eigenvalue weighted by atomic mass is 9.57. The number of carbonyl (C=O) groups is 1. The molecule has 3 aliphatic rings. The number of carboxylic acids is 1. The van der Waals surface area contributed by atoms with E-state index in [0.717, 1.165) is 50.5 Å². The van der Waals surface area contributed by atoms with E-state index in [2.05, 4.69) is 19.8 Å². The van der Waals surface area contributed by atoms with Gasteiger partial charge in [-0.1, -0.05) is 0 Å². The summed E-state index contributed by atoms with van der Waals surface area (Å²) in [5, 5.41) is 9.02. The molecular formula is C17H24N4O2. The quantitative estimate of drug-likeness (QED) is 0.912. The summed E-state index contributed by atoms with van der Waals surface area (Å²) in [7, 11) is 0. The molecule has 2 aliphatic heterocycles. The van der Waals surface area contributed by atoms with Crippen LogP contribution in [-0.4, -0.2) is 58.2 Å². The van der Waals surface area contributed by atoms with Crippen molar-refractivity contribution < 1.29 is 9.90 Å². The van der Waals surface area contributed by atoms with Crippen molar-refractivity contribution in [2.75, 3.05) is 31.1 Å². The minimum atomic E-state index is -0.609. The van der Waals surface area contributed by atoms with Crippen LogP contribution in [0.4, 0.5) is 5.69 Å². The number of rotatable bonds is 3. The maximum Gasteiger partial charge on any atom is 0.306 e. The van der Waals surface area contributed by atoms with Gasteiger partial charge in [0.15, 0.2) is 0 Å². The van der Waals surface area contributed by atoms with Gasteiger partial charge in [-0.15, -0.1) is 0 Å². The van der Waals surface area contributed by atoms with Gasteiger partial charge < -0.3 is 10.0 Å². The molecule has 1 spiro atoms. The SMILES string of the molecule is Cc1ncc(N2CCC(N3CC4(CC(C(=O)O)C4)C3)CC2)cn1. The van der Waals surface area contributed by atoms with Crippen LogP contribution in [0.3, 0.4) is 0 Å². The second kappa shape index (κ2) is 5.44. The molecule has 0 aromatic carbocycles. The molecule has 1 N–H and O–H groups in total. The number of nitrogens with zero attached hydrogens (tertiary/aromatic N) is 4. The highest BCUT2D eigenvalue weighted by molar-refractivity contribution is 5.71. The highest BCUT2D eigenvalue weighted by Crippen LogP contribution is 2.53. The Hall–Kier alpha value is -1.69. The molecule has 0 bridgehead atoms. The Balaban J connectivity index is 1.25. The van der Waals surface area contributed by atoms with Gasteiger partial charge in [0.1, 0.15) is 5.82 Å².